The normalized spacial score (nSPS) is 10.7. The number of pyridine rings is 1. The van der Waals surface area contributed by atoms with Gasteiger partial charge in [0.15, 0.2) is 0 Å². The highest BCUT2D eigenvalue weighted by Crippen LogP contribution is 2.30. The smallest absolute Gasteiger partial charge is 0.0933 e. The number of hydrogen-bond donors (Lipinski definition) is 1. The van der Waals surface area contributed by atoms with Gasteiger partial charge >= 0.3 is 0 Å². The van der Waals surface area contributed by atoms with Crippen molar-refractivity contribution in [1.82, 2.24) is 4.98 Å². The van der Waals surface area contributed by atoms with Crippen LogP contribution in [-0.4, -0.2) is 4.98 Å². The van der Waals surface area contributed by atoms with Gasteiger partial charge in [-0.2, -0.15) is 0 Å². The van der Waals surface area contributed by atoms with Crippen molar-refractivity contribution in [1.29, 1.82) is 0 Å². The van der Waals surface area contributed by atoms with E-state index >= 15 is 0 Å². The summed E-state index contributed by atoms with van der Waals surface area (Å²) in [6, 6.07) is 12.0. The third-order valence-electron chi connectivity index (χ3n) is 2.68. The standard InChI is InChI=1S/C14H16N2/c1-10(2)11-6-3-4-7-12(11)14-13(15)8-5-9-16-14/h3-10H,15H2,1-2H3. The van der Waals surface area contributed by atoms with Gasteiger partial charge in [-0.15, -0.1) is 0 Å². The zero-order valence-electron chi connectivity index (χ0n) is 9.64. The van der Waals surface area contributed by atoms with Crippen LogP contribution in [0.3, 0.4) is 0 Å². The van der Waals surface area contributed by atoms with Crippen molar-refractivity contribution >= 4 is 5.69 Å². The quantitative estimate of drug-likeness (QED) is 0.828. The molecule has 0 radical (unpaired) electrons. The monoisotopic (exact) mass is 212 g/mol. The third kappa shape index (κ3) is 1.91. The molecule has 0 fully saturated rings. The van der Waals surface area contributed by atoms with Crippen LogP contribution in [0.15, 0.2) is 42.6 Å². The van der Waals surface area contributed by atoms with Gasteiger partial charge in [0, 0.05) is 11.8 Å². The molecule has 2 nitrogen and oxygen atoms in total. The summed E-state index contributed by atoms with van der Waals surface area (Å²) in [7, 11) is 0. The van der Waals surface area contributed by atoms with Crippen LogP contribution < -0.4 is 5.73 Å². The van der Waals surface area contributed by atoms with E-state index in [1.807, 2.05) is 18.2 Å². The van der Waals surface area contributed by atoms with Crippen molar-refractivity contribution in [3.63, 3.8) is 0 Å². The molecule has 0 atom stereocenters. The van der Waals surface area contributed by atoms with Crippen LogP contribution in [0.2, 0.25) is 0 Å². The third-order valence-corrected chi connectivity index (χ3v) is 2.68. The summed E-state index contributed by atoms with van der Waals surface area (Å²) in [5.41, 5.74) is 9.99. The summed E-state index contributed by atoms with van der Waals surface area (Å²) in [6.07, 6.45) is 1.78. The average Bonchev–Trinajstić information content (AvgIpc) is 2.29. The molecule has 2 N–H and O–H groups in total. The molecule has 2 rings (SSSR count). The van der Waals surface area contributed by atoms with Crippen LogP contribution >= 0.6 is 0 Å². The molecule has 1 aromatic carbocycles. The number of rotatable bonds is 2. The Hall–Kier alpha value is -1.83. The van der Waals surface area contributed by atoms with Crippen LogP contribution in [-0.2, 0) is 0 Å². The fourth-order valence-corrected chi connectivity index (χ4v) is 1.86. The fraction of sp³-hybridized carbons (Fsp3) is 0.214. The Balaban J connectivity index is 2.60. The highest BCUT2D eigenvalue weighted by molar-refractivity contribution is 5.75. The second-order valence-electron chi connectivity index (χ2n) is 4.18. The summed E-state index contributed by atoms with van der Waals surface area (Å²) in [5.74, 6) is 0.470. The fourth-order valence-electron chi connectivity index (χ4n) is 1.86. The summed E-state index contributed by atoms with van der Waals surface area (Å²) >= 11 is 0. The van der Waals surface area contributed by atoms with Crippen LogP contribution in [0.25, 0.3) is 11.3 Å². The highest BCUT2D eigenvalue weighted by Gasteiger charge is 2.10. The van der Waals surface area contributed by atoms with E-state index in [0.717, 1.165) is 16.9 Å². The summed E-state index contributed by atoms with van der Waals surface area (Å²) in [5, 5.41) is 0. The van der Waals surface area contributed by atoms with Crippen molar-refractivity contribution in [3.05, 3.63) is 48.2 Å². The second kappa shape index (κ2) is 4.35. The predicted molar refractivity (Wildman–Crippen MR) is 68.2 cm³/mol. The lowest BCUT2D eigenvalue weighted by atomic mass is 9.94. The molecule has 2 heteroatoms. The molecule has 16 heavy (non-hydrogen) atoms. The number of nitrogens with two attached hydrogens (primary N) is 1. The van der Waals surface area contributed by atoms with Crippen molar-refractivity contribution < 1.29 is 0 Å². The molecule has 0 aliphatic carbocycles. The maximum Gasteiger partial charge on any atom is 0.0933 e. The van der Waals surface area contributed by atoms with Crippen LogP contribution in [0.4, 0.5) is 5.69 Å². The predicted octanol–water partition coefficient (Wildman–Crippen LogP) is 3.45. The molecule has 0 unspecified atom stereocenters. The Morgan fingerprint density at radius 3 is 2.50 bits per heavy atom. The number of anilines is 1. The minimum atomic E-state index is 0.470. The molecule has 0 saturated heterocycles. The first kappa shape index (κ1) is 10.7. The molecular formula is C14H16N2. The minimum Gasteiger partial charge on any atom is -0.397 e. The molecule has 1 aromatic heterocycles. The Morgan fingerprint density at radius 2 is 1.81 bits per heavy atom. The lowest BCUT2D eigenvalue weighted by Crippen LogP contribution is -1.97. The van der Waals surface area contributed by atoms with E-state index in [2.05, 4.69) is 37.0 Å². The summed E-state index contributed by atoms with van der Waals surface area (Å²) in [6.45, 7) is 4.36. The van der Waals surface area contributed by atoms with E-state index in [-0.39, 0.29) is 0 Å². The van der Waals surface area contributed by atoms with Crippen molar-refractivity contribution in [2.24, 2.45) is 0 Å². The minimum absolute atomic E-state index is 0.470. The van der Waals surface area contributed by atoms with Crippen molar-refractivity contribution in [3.8, 4) is 11.3 Å². The van der Waals surface area contributed by atoms with E-state index < -0.39 is 0 Å². The van der Waals surface area contributed by atoms with Crippen LogP contribution in [0.1, 0.15) is 25.3 Å². The molecule has 0 aliphatic rings. The Bertz CT molecular complexity index is 490. The van der Waals surface area contributed by atoms with Crippen molar-refractivity contribution in [2.75, 3.05) is 5.73 Å². The second-order valence-corrected chi connectivity index (χ2v) is 4.18. The first-order chi connectivity index (χ1) is 7.70. The van der Waals surface area contributed by atoms with Crippen molar-refractivity contribution in [2.45, 2.75) is 19.8 Å². The maximum absolute atomic E-state index is 5.96. The number of nitrogens with zero attached hydrogens (tertiary/aromatic N) is 1. The van der Waals surface area contributed by atoms with E-state index in [4.69, 9.17) is 5.73 Å². The first-order valence-electron chi connectivity index (χ1n) is 5.50. The van der Waals surface area contributed by atoms with Gasteiger partial charge < -0.3 is 5.73 Å². The van der Waals surface area contributed by atoms with Gasteiger partial charge in [0.05, 0.1) is 11.4 Å². The van der Waals surface area contributed by atoms with Gasteiger partial charge in [-0.05, 0) is 23.6 Å². The van der Waals surface area contributed by atoms with Gasteiger partial charge in [0.2, 0.25) is 0 Å². The Labute approximate surface area is 96.1 Å². The van der Waals surface area contributed by atoms with Crippen LogP contribution in [0, 0.1) is 0 Å². The molecule has 2 aromatic rings. The van der Waals surface area contributed by atoms with Gasteiger partial charge in [-0.25, -0.2) is 0 Å². The van der Waals surface area contributed by atoms with Gasteiger partial charge in [-0.3, -0.25) is 4.98 Å². The summed E-state index contributed by atoms with van der Waals surface area (Å²) < 4.78 is 0. The molecule has 1 heterocycles. The molecule has 0 amide bonds. The lowest BCUT2D eigenvalue weighted by molar-refractivity contribution is 0.868. The number of hydrogen-bond acceptors (Lipinski definition) is 2. The van der Waals surface area contributed by atoms with E-state index in [0.29, 0.717) is 5.92 Å². The summed E-state index contributed by atoms with van der Waals surface area (Å²) in [4.78, 5) is 4.37. The van der Waals surface area contributed by atoms with E-state index in [9.17, 15) is 0 Å². The van der Waals surface area contributed by atoms with Gasteiger partial charge in [0.25, 0.3) is 0 Å². The molecule has 0 bridgehead atoms. The zero-order chi connectivity index (χ0) is 11.5. The van der Waals surface area contributed by atoms with E-state index in [1.165, 1.54) is 5.56 Å². The van der Waals surface area contributed by atoms with Gasteiger partial charge in [0.1, 0.15) is 0 Å². The Morgan fingerprint density at radius 1 is 1.06 bits per heavy atom. The number of nitrogen functional groups attached to an aromatic ring is 1. The zero-order valence-corrected chi connectivity index (χ0v) is 9.64. The Kier molecular flexibility index (Phi) is 2.91. The molecule has 0 saturated carbocycles. The van der Waals surface area contributed by atoms with E-state index in [1.54, 1.807) is 6.20 Å². The first-order valence-corrected chi connectivity index (χ1v) is 5.50. The van der Waals surface area contributed by atoms with Crippen LogP contribution in [0.5, 0.6) is 0 Å². The SMILES string of the molecule is CC(C)c1ccccc1-c1ncccc1N. The molecular weight excluding hydrogens is 196 g/mol. The maximum atomic E-state index is 5.96. The largest absolute Gasteiger partial charge is 0.397 e. The number of benzene rings is 1. The number of aromatic nitrogens is 1. The molecule has 0 spiro atoms. The highest BCUT2D eigenvalue weighted by atomic mass is 14.7. The molecule has 0 aliphatic heterocycles. The lowest BCUT2D eigenvalue weighted by Gasteiger charge is -2.13. The average molecular weight is 212 g/mol. The van der Waals surface area contributed by atoms with Gasteiger partial charge in [-0.1, -0.05) is 38.1 Å². The molecule has 82 valence electrons. The topological polar surface area (TPSA) is 38.9 Å².